The van der Waals surface area contributed by atoms with E-state index in [2.05, 4.69) is 21.2 Å². The third-order valence-electron chi connectivity index (χ3n) is 2.74. The Balaban J connectivity index is 1.95. The fraction of sp³-hybridized carbons (Fsp3) is 0.214. The number of carbonyl (C=O) groups is 1. The molecule has 1 N–H and O–H groups in total. The van der Waals surface area contributed by atoms with Crippen LogP contribution in [0.4, 0.5) is 0 Å². The van der Waals surface area contributed by atoms with Gasteiger partial charge in [0.1, 0.15) is 5.75 Å². The van der Waals surface area contributed by atoms with Gasteiger partial charge in [-0.1, -0.05) is 0 Å². The zero-order valence-electron chi connectivity index (χ0n) is 10.6. The van der Waals surface area contributed by atoms with Crippen LogP contribution in [0.15, 0.2) is 47.2 Å². The molecule has 0 saturated heterocycles. The largest absolute Gasteiger partial charge is 0.497 e. The summed E-state index contributed by atoms with van der Waals surface area (Å²) < 4.78 is 7.89. The number of ether oxygens (including phenoxy) is 1. The number of benzene rings is 1. The quantitative estimate of drug-likeness (QED) is 0.919. The highest BCUT2D eigenvalue weighted by atomic mass is 79.9. The summed E-state index contributed by atoms with van der Waals surface area (Å²) in [5, 5.41) is 2.88. The standard InChI is InChI=1S/C14H15BrN2O2/c1-19-11-4-5-13(15)12(10-11)14(18)16-6-9-17-7-2-3-8-17/h2-5,7-8,10H,6,9H2,1H3,(H,16,18). The molecule has 2 rings (SSSR count). The Kier molecular flexibility index (Phi) is 4.63. The van der Waals surface area contributed by atoms with Crippen LogP contribution in [0, 0.1) is 0 Å². The second-order valence-electron chi connectivity index (χ2n) is 4.02. The van der Waals surface area contributed by atoms with Crippen molar-refractivity contribution in [3.63, 3.8) is 0 Å². The summed E-state index contributed by atoms with van der Waals surface area (Å²) in [7, 11) is 1.58. The van der Waals surface area contributed by atoms with Gasteiger partial charge in [0.25, 0.3) is 5.91 Å². The Labute approximate surface area is 120 Å². The van der Waals surface area contributed by atoms with Gasteiger partial charge in [-0.15, -0.1) is 0 Å². The van der Waals surface area contributed by atoms with E-state index in [1.54, 1.807) is 25.3 Å². The van der Waals surface area contributed by atoms with Gasteiger partial charge in [0, 0.05) is 30.0 Å². The number of halogens is 1. The number of nitrogens with one attached hydrogen (secondary N) is 1. The van der Waals surface area contributed by atoms with Gasteiger partial charge < -0.3 is 14.6 Å². The normalized spacial score (nSPS) is 10.2. The van der Waals surface area contributed by atoms with Crippen LogP contribution in [0.1, 0.15) is 10.4 Å². The van der Waals surface area contributed by atoms with Crippen LogP contribution in [-0.4, -0.2) is 24.1 Å². The van der Waals surface area contributed by atoms with Gasteiger partial charge >= 0.3 is 0 Å². The molecule has 1 heterocycles. The van der Waals surface area contributed by atoms with E-state index in [0.717, 1.165) is 11.0 Å². The van der Waals surface area contributed by atoms with Crippen molar-refractivity contribution >= 4 is 21.8 Å². The van der Waals surface area contributed by atoms with Crippen LogP contribution in [0.2, 0.25) is 0 Å². The van der Waals surface area contributed by atoms with Crippen LogP contribution in [0.3, 0.4) is 0 Å². The maximum absolute atomic E-state index is 12.1. The van der Waals surface area contributed by atoms with Crippen LogP contribution in [0.25, 0.3) is 0 Å². The second-order valence-corrected chi connectivity index (χ2v) is 4.88. The molecular weight excluding hydrogens is 308 g/mol. The number of aromatic nitrogens is 1. The molecule has 5 heteroatoms. The van der Waals surface area contributed by atoms with Gasteiger partial charge in [-0.2, -0.15) is 0 Å². The van der Waals surface area contributed by atoms with E-state index in [0.29, 0.717) is 17.9 Å². The molecule has 0 aliphatic carbocycles. The zero-order chi connectivity index (χ0) is 13.7. The van der Waals surface area contributed by atoms with Crippen LogP contribution >= 0.6 is 15.9 Å². The molecule has 0 bridgehead atoms. The number of carbonyl (C=O) groups excluding carboxylic acids is 1. The first-order valence-corrected chi connectivity index (χ1v) is 6.72. The van der Waals surface area contributed by atoms with Crippen molar-refractivity contribution in [3.8, 4) is 5.75 Å². The smallest absolute Gasteiger partial charge is 0.252 e. The molecule has 2 aromatic rings. The molecule has 1 aromatic carbocycles. The highest BCUT2D eigenvalue weighted by molar-refractivity contribution is 9.10. The first kappa shape index (κ1) is 13.7. The van der Waals surface area contributed by atoms with Gasteiger partial charge in [0.15, 0.2) is 0 Å². The first-order chi connectivity index (χ1) is 9.20. The van der Waals surface area contributed by atoms with Crippen molar-refractivity contribution in [1.29, 1.82) is 0 Å². The molecule has 0 aliphatic heterocycles. The van der Waals surface area contributed by atoms with Crippen LogP contribution in [0.5, 0.6) is 5.75 Å². The number of amides is 1. The van der Waals surface area contributed by atoms with E-state index in [4.69, 9.17) is 4.74 Å². The van der Waals surface area contributed by atoms with Crippen molar-refractivity contribution in [2.45, 2.75) is 6.54 Å². The van der Waals surface area contributed by atoms with E-state index in [1.165, 1.54) is 0 Å². The minimum Gasteiger partial charge on any atom is -0.497 e. The monoisotopic (exact) mass is 322 g/mol. The summed E-state index contributed by atoms with van der Waals surface area (Å²) in [6, 6.07) is 9.25. The minimum absolute atomic E-state index is 0.113. The molecule has 19 heavy (non-hydrogen) atoms. The second kappa shape index (κ2) is 6.43. The highest BCUT2D eigenvalue weighted by Crippen LogP contribution is 2.22. The van der Waals surface area contributed by atoms with Gasteiger partial charge in [-0.05, 0) is 46.3 Å². The molecule has 100 valence electrons. The number of methoxy groups -OCH3 is 1. The zero-order valence-corrected chi connectivity index (χ0v) is 12.2. The number of hydrogen-bond donors (Lipinski definition) is 1. The lowest BCUT2D eigenvalue weighted by atomic mass is 10.2. The van der Waals surface area contributed by atoms with Crippen molar-refractivity contribution in [3.05, 3.63) is 52.8 Å². The molecular formula is C14H15BrN2O2. The fourth-order valence-electron chi connectivity index (χ4n) is 1.72. The molecule has 1 aromatic heterocycles. The Morgan fingerprint density at radius 2 is 2.11 bits per heavy atom. The van der Waals surface area contributed by atoms with E-state index < -0.39 is 0 Å². The fourth-order valence-corrected chi connectivity index (χ4v) is 2.15. The lowest BCUT2D eigenvalue weighted by Crippen LogP contribution is -2.27. The lowest BCUT2D eigenvalue weighted by molar-refractivity contribution is 0.0951. The molecule has 0 unspecified atom stereocenters. The molecule has 0 aliphatic rings. The predicted octanol–water partition coefficient (Wildman–Crippen LogP) is 2.69. The average Bonchev–Trinajstić information content (AvgIpc) is 2.92. The SMILES string of the molecule is COc1ccc(Br)c(C(=O)NCCn2cccc2)c1. The maximum atomic E-state index is 12.1. The van der Waals surface area contributed by atoms with Crippen molar-refractivity contribution < 1.29 is 9.53 Å². The molecule has 0 atom stereocenters. The summed E-state index contributed by atoms with van der Waals surface area (Å²) in [5.41, 5.74) is 0.576. The first-order valence-electron chi connectivity index (χ1n) is 5.93. The van der Waals surface area contributed by atoms with E-state index in [1.807, 2.05) is 29.1 Å². The van der Waals surface area contributed by atoms with E-state index >= 15 is 0 Å². The van der Waals surface area contributed by atoms with Crippen LogP contribution in [-0.2, 0) is 6.54 Å². The van der Waals surface area contributed by atoms with Crippen molar-refractivity contribution in [2.24, 2.45) is 0 Å². The maximum Gasteiger partial charge on any atom is 0.252 e. The molecule has 0 saturated carbocycles. The van der Waals surface area contributed by atoms with Gasteiger partial charge in [-0.25, -0.2) is 0 Å². The Morgan fingerprint density at radius 1 is 1.37 bits per heavy atom. The number of rotatable bonds is 5. The summed E-state index contributed by atoms with van der Waals surface area (Å²) in [6.07, 6.45) is 3.93. The molecule has 1 amide bonds. The Bertz CT molecular complexity index is 553. The average molecular weight is 323 g/mol. The van der Waals surface area contributed by atoms with Crippen molar-refractivity contribution in [1.82, 2.24) is 9.88 Å². The molecule has 0 radical (unpaired) electrons. The Morgan fingerprint density at radius 3 is 2.79 bits per heavy atom. The van der Waals surface area contributed by atoms with Crippen molar-refractivity contribution in [2.75, 3.05) is 13.7 Å². The summed E-state index contributed by atoms with van der Waals surface area (Å²) in [4.78, 5) is 12.1. The van der Waals surface area contributed by atoms with E-state index in [9.17, 15) is 4.79 Å². The summed E-state index contributed by atoms with van der Waals surface area (Å²) >= 11 is 3.37. The molecule has 0 spiro atoms. The highest BCUT2D eigenvalue weighted by Gasteiger charge is 2.10. The van der Waals surface area contributed by atoms with E-state index in [-0.39, 0.29) is 5.91 Å². The summed E-state index contributed by atoms with van der Waals surface area (Å²) in [5.74, 6) is 0.552. The third kappa shape index (κ3) is 3.61. The molecule has 0 fully saturated rings. The van der Waals surface area contributed by atoms with Gasteiger partial charge in [-0.3, -0.25) is 4.79 Å². The topological polar surface area (TPSA) is 43.3 Å². The Hall–Kier alpha value is -1.75. The predicted molar refractivity (Wildman–Crippen MR) is 77.5 cm³/mol. The minimum atomic E-state index is -0.113. The third-order valence-corrected chi connectivity index (χ3v) is 3.43. The summed E-state index contributed by atoms with van der Waals surface area (Å²) in [6.45, 7) is 1.33. The molecule has 4 nitrogen and oxygen atoms in total. The van der Waals surface area contributed by atoms with Gasteiger partial charge in [0.2, 0.25) is 0 Å². The van der Waals surface area contributed by atoms with Gasteiger partial charge in [0.05, 0.1) is 12.7 Å². The lowest BCUT2D eigenvalue weighted by Gasteiger charge is -2.09. The number of hydrogen-bond acceptors (Lipinski definition) is 2. The van der Waals surface area contributed by atoms with Crippen LogP contribution < -0.4 is 10.1 Å². The number of nitrogens with zero attached hydrogens (tertiary/aromatic N) is 1.